The molecule has 0 unspecified atom stereocenters. The first-order valence-corrected chi connectivity index (χ1v) is 9.45. The molecule has 2 aromatic rings. The first-order valence-electron chi connectivity index (χ1n) is 9.45. The van der Waals surface area contributed by atoms with Crippen molar-refractivity contribution in [3.63, 3.8) is 0 Å². The number of benzene rings is 2. The van der Waals surface area contributed by atoms with E-state index >= 15 is 0 Å². The van der Waals surface area contributed by atoms with E-state index in [1.165, 1.54) is 25.7 Å². The van der Waals surface area contributed by atoms with Crippen molar-refractivity contribution in [2.24, 2.45) is 4.99 Å². The maximum atomic E-state index is 10.0. The van der Waals surface area contributed by atoms with Crippen LogP contribution in [0.15, 0.2) is 47.5 Å². The number of ether oxygens (including phenoxy) is 2. The van der Waals surface area contributed by atoms with Crippen molar-refractivity contribution in [3.8, 4) is 17.2 Å². The lowest BCUT2D eigenvalue weighted by Crippen LogP contribution is -1.96. The summed E-state index contributed by atoms with van der Waals surface area (Å²) in [5.74, 6) is 1.67. The van der Waals surface area contributed by atoms with Gasteiger partial charge in [-0.05, 0) is 49.7 Å². The molecule has 2 aromatic carbocycles. The van der Waals surface area contributed by atoms with Crippen LogP contribution < -0.4 is 9.47 Å². The summed E-state index contributed by atoms with van der Waals surface area (Å²) < 4.78 is 11.1. The number of aliphatic imine (C=N–C) groups is 1. The lowest BCUT2D eigenvalue weighted by molar-refractivity contribution is 0.304. The Morgan fingerprint density at radius 2 is 1.62 bits per heavy atom. The third-order valence-corrected chi connectivity index (χ3v) is 4.02. The van der Waals surface area contributed by atoms with Crippen LogP contribution in [0.4, 0.5) is 5.69 Å². The van der Waals surface area contributed by atoms with Gasteiger partial charge in [-0.3, -0.25) is 4.99 Å². The minimum atomic E-state index is 0.155. The molecule has 0 fully saturated rings. The van der Waals surface area contributed by atoms with Crippen LogP contribution >= 0.6 is 0 Å². The quantitative estimate of drug-likeness (QED) is 0.404. The van der Waals surface area contributed by atoms with Gasteiger partial charge in [0.25, 0.3) is 0 Å². The Bertz CT molecular complexity index is 680. The number of hydrogen-bond acceptors (Lipinski definition) is 4. The van der Waals surface area contributed by atoms with E-state index < -0.39 is 0 Å². The Morgan fingerprint density at radius 1 is 0.885 bits per heavy atom. The molecule has 0 spiro atoms. The van der Waals surface area contributed by atoms with Gasteiger partial charge in [-0.2, -0.15) is 0 Å². The first kappa shape index (κ1) is 19.8. The minimum absolute atomic E-state index is 0.155. The van der Waals surface area contributed by atoms with E-state index in [-0.39, 0.29) is 5.75 Å². The fourth-order valence-electron chi connectivity index (χ4n) is 2.56. The zero-order valence-corrected chi connectivity index (χ0v) is 15.8. The van der Waals surface area contributed by atoms with Crippen molar-refractivity contribution < 1.29 is 14.6 Å². The topological polar surface area (TPSA) is 51.0 Å². The van der Waals surface area contributed by atoms with Gasteiger partial charge in [0.1, 0.15) is 17.2 Å². The Hall–Kier alpha value is -2.49. The smallest absolute Gasteiger partial charge is 0.128 e. The molecule has 0 bridgehead atoms. The standard InChI is InChI=1S/C22H29NO3/c1-3-5-6-7-8-15-26-20-13-10-19(11-14-20)23-17-18-9-12-21(25-4-2)16-22(18)24/h9-14,16-17,24H,3-8,15H2,1-2H3. The average molecular weight is 355 g/mol. The molecule has 0 aliphatic heterocycles. The van der Waals surface area contributed by atoms with Crippen molar-refractivity contribution in [1.29, 1.82) is 0 Å². The summed E-state index contributed by atoms with van der Waals surface area (Å²) in [6, 6.07) is 12.9. The summed E-state index contributed by atoms with van der Waals surface area (Å²) in [7, 11) is 0. The summed E-state index contributed by atoms with van der Waals surface area (Å²) in [6.45, 7) is 5.45. The van der Waals surface area contributed by atoms with Crippen molar-refractivity contribution in [2.45, 2.75) is 46.0 Å². The van der Waals surface area contributed by atoms with Gasteiger partial charge in [0.05, 0.1) is 18.9 Å². The van der Waals surface area contributed by atoms with Gasteiger partial charge >= 0.3 is 0 Å². The van der Waals surface area contributed by atoms with Gasteiger partial charge in [0.2, 0.25) is 0 Å². The molecule has 0 saturated heterocycles. The van der Waals surface area contributed by atoms with Crippen LogP contribution in [0.2, 0.25) is 0 Å². The van der Waals surface area contributed by atoms with Crippen molar-refractivity contribution in [2.75, 3.05) is 13.2 Å². The Labute approximate surface area is 156 Å². The van der Waals surface area contributed by atoms with Gasteiger partial charge in [-0.25, -0.2) is 0 Å². The van der Waals surface area contributed by atoms with Gasteiger partial charge in [0, 0.05) is 17.8 Å². The van der Waals surface area contributed by atoms with Crippen LogP contribution in [0.5, 0.6) is 17.2 Å². The number of unbranched alkanes of at least 4 members (excludes halogenated alkanes) is 4. The highest BCUT2D eigenvalue weighted by Crippen LogP contribution is 2.24. The molecule has 0 heterocycles. The van der Waals surface area contributed by atoms with Gasteiger partial charge < -0.3 is 14.6 Å². The summed E-state index contributed by atoms with van der Waals surface area (Å²) in [6.07, 6.45) is 7.81. The summed E-state index contributed by atoms with van der Waals surface area (Å²) in [5, 5.41) is 10.0. The van der Waals surface area contributed by atoms with Crippen molar-refractivity contribution >= 4 is 11.9 Å². The number of hydrogen-bond donors (Lipinski definition) is 1. The van der Waals surface area contributed by atoms with E-state index in [4.69, 9.17) is 9.47 Å². The number of aromatic hydroxyl groups is 1. The zero-order valence-electron chi connectivity index (χ0n) is 15.8. The third-order valence-electron chi connectivity index (χ3n) is 4.02. The molecule has 4 heteroatoms. The molecule has 4 nitrogen and oxygen atoms in total. The molecule has 0 radical (unpaired) electrons. The molecule has 0 aliphatic carbocycles. The lowest BCUT2D eigenvalue weighted by Gasteiger charge is -2.06. The fraction of sp³-hybridized carbons (Fsp3) is 0.409. The maximum Gasteiger partial charge on any atom is 0.128 e. The van der Waals surface area contributed by atoms with Crippen LogP contribution in [-0.2, 0) is 0 Å². The Balaban J connectivity index is 1.83. The second-order valence-corrected chi connectivity index (χ2v) is 6.17. The Morgan fingerprint density at radius 3 is 2.31 bits per heavy atom. The molecule has 0 amide bonds. The van der Waals surface area contributed by atoms with Crippen LogP contribution in [0.3, 0.4) is 0 Å². The van der Waals surface area contributed by atoms with E-state index in [2.05, 4.69) is 11.9 Å². The number of nitrogens with zero attached hydrogens (tertiary/aromatic N) is 1. The highest BCUT2D eigenvalue weighted by molar-refractivity contribution is 5.85. The van der Waals surface area contributed by atoms with E-state index in [9.17, 15) is 5.11 Å². The van der Waals surface area contributed by atoms with Crippen LogP contribution in [0.25, 0.3) is 0 Å². The second-order valence-electron chi connectivity index (χ2n) is 6.17. The molecule has 0 atom stereocenters. The highest BCUT2D eigenvalue weighted by Gasteiger charge is 2.01. The van der Waals surface area contributed by atoms with Gasteiger partial charge in [0.15, 0.2) is 0 Å². The molecule has 26 heavy (non-hydrogen) atoms. The predicted molar refractivity (Wildman–Crippen MR) is 107 cm³/mol. The third kappa shape index (κ3) is 6.79. The normalized spacial score (nSPS) is 11.0. The monoisotopic (exact) mass is 355 g/mol. The van der Waals surface area contributed by atoms with Gasteiger partial charge in [-0.15, -0.1) is 0 Å². The SMILES string of the molecule is CCCCCCCOc1ccc(N=Cc2ccc(OCC)cc2O)cc1. The van der Waals surface area contributed by atoms with E-state index in [1.54, 1.807) is 18.3 Å². The molecule has 0 saturated carbocycles. The molecule has 140 valence electrons. The second kappa shape index (κ2) is 11.2. The predicted octanol–water partition coefficient (Wildman–Crippen LogP) is 5.89. The lowest BCUT2D eigenvalue weighted by atomic mass is 10.2. The molecular formula is C22H29NO3. The zero-order chi connectivity index (χ0) is 18.6. The highest BCUT2D eigenvalue weighted by atomic mass is 16.5. The number of phenols is 1. The number of rotatable bonds is 11. The van der Waals surface area contributed by atoms with Crippen LogP contribution in [0, 0.1) is 0 Å². The molecule has 0 aromatic heterocycles. The molecule has 0 aliphatic rings. The van der Waals surface area contributed by atoms with E-state index in [1.807, 2.05) is 37.3 Å². The summed E-state index contributed by atoms with van der Waals surface area (Å²) >= 11 is 0. The maximum absolute atomic E-state index is 10.0. The fourth-order valence-corrected chi connectivity index (χ4v) is 2.56. The summed E-state index contributed by atoms with van der Waals surface area (Å²) in [5.41, 5.74) is 1.47. The minimum Gasteiger partial charge on any atom is -0.507 e. The molecule has 1 N–H and O–H groups in total. The summed E-state index contributed by atoms with van der Waals surface area (Å²) in [4.78, 5) is 4.40. The van der Waals surface area contributed by atoms with E-state index in [0.29, 0.717) is 17.9 Å². The first-order chi connectivity index (χ1) is 12.7. The van der Waals surface area contributed by atoms with Crippen LogP contribution in [0.1, 0.15) is 51.5 Å². The van der Waals surface area contributed by atoms with Crippen molar-refractivity contribution in [1.82, 2.24) is 0 Å². The van der Waals surface area contributed by atoms with E-state index in [0.717, 1.165) is 24.5 Å². The largest absolute Gasteiger partial charge is 0.507 e. The Kier molecular flexibility index (Phi) is 8.53. The number of phenolic OH excluding ortho intramolecular Hbond substituents is 1. The molecule has 2 rings (SSSR count). The average Bonchev–Trinajstić information content (AvgIpc) is 2.65. The van der Waals surface area contributed by atoms with Crippen molar-refractivity contribution in [3.05, 3.63) is 48.0 Å². The van der Waals surface area contributed by atoms with Crippen LogP contribution in [-0.4, -0.2) is 24.5 Å². The van der Waals surface area contributed by atoms with Gasteiger partial charge in [-0.1, -0.05) is 32.6 Å². The molecular weight excluding hydrogens is 326 g/mol.